The van der Waals surface area contributed by atoms with E-state index in [4.69, 9.17) is 14.7 Å². The van der Waals surface area contributed by atoms with Gasteiger partial charge in [-0.15, -0.1) is 0 Å². The summed E-state index contributed by atoms with van der Waals surface area (Å²) in [5.41, 5.74) is 5.19. The zero-order valence-corrected chi connectivity index (χ0v) is 16.8. The quantitative estimate of drug-likeness (QED) is 0.312. The molecule has 0 spiro atoms. The molecule has 2 aromatic rings. The Morgan fingerprint density at radius 3 is 1.90 bits per heavy atom. The van der Waals surface area contributed by atoms with E-state index < -0.39 is 0 Å². The van der Waals surface area contributed by atoms with Crippen LogP contribution in [0.3, 0.4) is 0 Å². The molecule has 146 valence electrons. The largest absolute Gasteiger partial charge is 0.494 e. The van der Waals surface area contributed by atoms with Crippen LogP contribution >= 0.6 is 0 Å². The first kappa shape index (κ1) is 19.1. The molecule has 0 atom stereocenters. The molecule has 2 aliphatic rings. The van der Waals surface area contributed by atoms with Crippen molar-refractivity contribution in [2.75, 3.05) is 6.61 Å². The van der Waals surface area contributed by atoms with Crippen LogP contribution in [0.25, 0.3) is 33.9 Å². The molecule has 0 fully saturated rings. The summed E-state index contributed by atoms with van der Waals surface area (Å²) in [5, 5.41) is 0. The Hall–Kier alpha value is -3.20. The summed E-state index contributed by atoms with van der Waals surface area (Å²) in [5.74, 6) is 1.63. The van der Waals surface area contributed by atoms with Crippen LogP contribution in [-0.2, 0) is 0 Å². The van der Waals surface area contributed by atoms with Crippen molar-refractivity contribution in [1.29, 1.82) is 0 Å². The van der Waals surface area contributed by atoms with Crippen LogP contribution in [0.2, 0.25) is 0 Å². The summed E-state index contributed by atoms with van der Waals surface area (Å²) in [7, 11) is 0. The van der Waals surface area contributed by atoms with Crippen LogP contribution in [0.15, 0.2) is 78.9 Å². The predicted octanol–water partition coefficient (Wildman–Crippen LogP) is 6.87. The van der Waals surface area contributed by atoms with Gasteiger partial charge < -0.3 is 4.74 Å². The molecule has 3 nitrogen and oxygen atoms in total. The number of unbranched alkanes of at least 4 members (excludes halogenated alkanes) is 3. The first-order valence-corrected chi connectivity index (χ1v) is 10.4. The maximum atomic E-state index is 5.87. The van der Waals surface area contributed by atoms with Crippen molar-refractivity contribution in [3.05, 3.63) is 78.9 Å². The third-order valence-corrected chi connectivity index (χ3v) is 5.04. The minimum atomic E-state index is 0.757. The number of rotatable bonds is 8. The second-order valence-corrected chi connectivity index (χ2v) is 7.24. The molecule has 3 heteroatoms. The lowest BCUT2D eigenvalue weighted by molar-refractivity contribution is 0.305. The van der Waals surface area contributed by atoms with Gasteiger partial charge in [-0.1, -0.05) is 80.8 Å². The monoisotopic (exact) mass is 382 g/mol. The lowest BCUT2D eigenvalue weighted by Crippen LogP contribution is -1.96. The summed E-state index contributed by atoms with van der Waals surface area (Å²) in [4.78, 5) is 9.44. The minimum Gasteiger partial charge on any atom is -0.494 e. The van der Waals surface area contributed by atoms with E-state index >= 15 is 0 Å². The third kappa shape index (κ3) is 4.80. The Labute approximate surface area is 172 Å². The van der Waals surface area contributed by atoms with Crippen molar-refractivity contribution in [3.63, 3.8) is 0 Å². The highest BCUT2D eigenvalue weighted by atomic mass is 16.5. The molecule has 0 N–H and O–H groups in total. The fraction of sp³-hybridized carbons (Fsp3) is 0.231. The van der Waals surface area contributed by atoms with E-state index in [9.17, 15) is 0 Å². The number of hydrogen-bond acceptors (Lipinski definition) is 3. The van der Waals surface area contributed by atoms with Gasteiger partial charge >= 0.3 is 0 Å². The van der Waals surface area contributed by atoms with Gasteiger partial charge in [0.2, 0.25) is 0 Å². The lowest BCUT2D eigenvalue weighted by Gasteiger charge is -2.03. The Morgan fingerprint density at radius 1 is 0.621 bits per heavy atom. The molecule has 0 saturated heterocycles. The van der Waals surface area contributed by atoms with Crippen LogP contribution in [0, 0.1) is 0 Å². The molecule has 1 aliphatic heterocycles. The first-order chi connectivity index (χ1) is 14.3. The van der Waals surface area contributed by atoms with Gasteiger partial charge in [-0.2, -0.15) is 0 Å². The third-order valence-electron chi connectivity index (χ3n) is 5.04. The van der Waals surface area contributed by atoms with Gasteiger partial charge in [-0.05, 0) is 41.8 Å². The summed E-state index contributed by atoms with van der Waals surface area (Å²) in [6.45, 7) is 2.98. The molecule has 0 amide bonds. The number of hydrogen-bond donors (Lipinski definition) is 0. The Kier molecular flexibility index (Phi) is 6.16. The lowest BCUT2D eigenvalue weighted by atomic mass is 10.0. The minimum absolute atomic E-state index is 0.757. The van der Waals surface area contributed by atoms with E-state index in [1.165, 1.54) is 30.4 Å². The molecule has 0 aromatic heterocycles. The molecule has 29 heavy (non-hydrogen) atoms. The number of imidazole rings is 1. The maximum absolute atomic E-state index is 5.87. The molecular weight excluding hydrogens is 356 g/mol. The van der Waals surface area contributed by atoms with Crippen LogP contribution in [0.1, 0.15) is 32.6 Å². The average molecular weight is 383 g/mol. The highest BCUT2D eigenvalue weighted by molar-refractivity contribution is 5.70. The van der Waals surface area contributed by atoms with E-state index in [1.54, 1.807) is 0 Å². The number of fused-ring (bicyclic) bond motifs is 1. The molecule has 0 saturated carbocycles. The van der Waals surface area contributed by atoms with E-state index in [0.29, 0.717) is 0 Å². The summed E-state index contributed by atoms with van der Waals surface area (Å²) >= 11 is 0. The van der Waals surface area contributed by atoms with E-state index in [2.05, 4.69) is 55.5 Å². The Morgan fingerprint density at radius 2 is 1.24 bits per heavy atom. The van der Waals surface area contributed by atoms with Gasteiger partial charge in [0.1, 0.15) is 5.75 Å². The van der Waals surface area contributed by atoms with E-state index in [1.807, 2.05) is 30.3 Å². The molecule has 2 aromatic carbocycles. The maximum Gasteiger partial charge on any atom is 0.160 e. The molecule has 1 heterocycles. The van der Waals surface area contributed by atoms with Crippen LogP contribution < -0.4 is 4.74 Å². The van der Waals surface area contributed by atoms with Gasteiger partial charge in [-0.3, -0.25) is 0 Å². The summed E-state index contributed by atoms with van der Waals surface area (Å²) in [6.07, 6.45) is 4.82. The normalized spacial score (nSPS) is 10.9. The van der Waals surface area contributed by atoms with Crippen LogP contribution in [0.5, 0.6) is 5.75 Å². The summed E-state index contributed by atoms with van der Waals surface area (Å²) in [6, 6.07) is 26.7. The Bertz CT molecular complexity index is 979. The predicted molar refractivity (Wildman–Crippen MR) is 119 cm³/mol. The highest BCUT2D eigenvalue weighted by Crippen LogP contribution is 2.28. The summed E-state index contributed by atoms with van der Waals surface area (Å²) < 4.78 is 5.87. The van der Waals surface area contributed by atoms with Gasteiger partial charge in [0, 0.05) is 5.56 Å². The molecule has 0 radical (unpaired) electrons. The number of aromatic nitrogens is 2. The Balaban J connectivity index is 1.48. The fourth-order valence-electron chi connectivity index (χ4n) is 3.38. The van der Waals surface area contributed by atoms with Gasteiger partial charge in [0.25, 0.3) is 0 Å². The second-order valence-electron chi connectivity index (χ2n) is 7.24. The smallest absolute Gasteiger partial charge is 0.160 e. The molecule has 0 bridgehead atoms. The zero-order chi connectivity index (χ0) is 19.9. The van der Waals surface area contributed by atoms with Crippen molar-refractivity contribution in [1.82, 2.24) is 9.97 Å². The molecule has 4 rings (SSSR count). The average Bonchev–Trinajstić information content (AvgIpc) is 3.09. The first-order valence-electron chi connectivity index (χ1n) is 10.4. The van der Waals surface area contributed by atoms with Gasteiger partial charge in [-0.25, -0.2) is 9.97 Å². The fourth-order valence-corrected chi connectivity index (χ4v) is 3.38. The van der Waals surface area contributed by atoms with Crippen molar-refractivity contribution in [3.8, 4) is 39.7 Å². The molecule has 0 unspecified atom stereocenters. The molecule has 1 aliphatic carbocycles. The van der Waals surface area contributed by atoms with Crippen LogP contribution in [-0.4, -0.2) is 16.6 Å². The topological polar surface area (TPSA) is 35.0 Å². The standard InChI is InChI=1S/C26H26N2O/c1-2-3-4-8-19-29-23-15-17-24-25(18-16-23)28-26(27-24)22-13-11-21(12-14-22)20-9-6-5-7-10-20/h5-7,9-18H,2-4,8,19H2,1H3. The molecular formula is C26H26N2O. The van der Waals surface area contributed by atoms with Crippen molar-refractivity contribution >= 4 is 0 Å². The van der Waals surface area contributed by atoms with E-state index in [-0.39, 0.29) is 0 Å². The number of nitrogens with zero attached hydrogens (tertiary/aromatic N) is 2. The van der Waals surface area contributed by atoms with Crippen LogP contribution in [0.4, 0.5) is 0 Å². The second kappa shape index (κ2) is 9.33. The number of ether oxygens (including phenoxy) is 1. The number of benzene rings is 2. The SMILES string of the molecule is CCCCCCOc1ccc2nc(-c3ccc(-c4ccccc4)cc3)nc-2cc1. The van der Waals surface area contributed by atoms with Crippen molar-refractivity contribution in [2.24, 2.45) is 0 Å². The van der Waals surface area contributed by atoms with Crippen molar-refractivity contribution < 1.29 is 4.74 Å². The van der Waals surface area contributed by atoms with Gasteiger partial charge in [0.05, 0.1) is 18.0 Å². The van der Waals surface area contributed by atoms with Crippen molar-refractivity contribution in [2.45, 2.75) is 32.6 Å². The highest BCUT2D eigenvalue weighted by Gasteiger charge is 2.11. The van der Waals surface area contributed by atoms with E-state index in [0.717, 1.165) is 41.6 Å². The van der Waals surface area contributed by atoms with Gasteiger partial charge in [0.15, 0.2) is 5.82 Å². The zero-order valence-electron chi connectivity index (χ0n) is 16.8.